The molecular formula is C18H17F17NO3S+. The molecule has 0 aliphatic carbocycles. The maximum Gasteiger partial charge on any atom is 0.460 e. The number of quaternary nitrogens is 1. The van der Waals surface area contributed by atoms with E-state index in [-0.39, 0.29) is 0 Å². The van der Waals surface area contributed by atoms with Crippen LogP contribution in [0.2, 0.25) is 0 Å². The summed E-state index contributed by atoms with van der Waals surface area (Å²) < 4.78 is 243. The number of hydrogen-bond donors (Lipinski definition) is 1. The van der Waals surface area contributed by atoms with Gasteiger partial charge >= 0.3 is 57.1 Å². The average Bonchev–Trinajstić information content (AvgIpc) is 2.71. The summed E-state index contributed by atoms with van der Waals surface area (Å²) in [5.74, 6) is -52.0. The summed E-state index contributed by atoms with van der Waals surface area (Å²) in [7, 11) is -1.29. The Morgan fingerprint density at radius 3 is 1.15 bits per heavy atom. The van der Waals surface area contributed by atoms with Crippen LogP contribution >= 0.6 is 0 Å². The summed E-state index contributed by atoms with van der Waals surface area (Å²) in [6.45, 7) is 1.10. The molecule has 0 fully saturated rings. The molecule has 1 aromatic carbocycles. The average molecular weight is 650 g/mol. The van der Waals surface area contributed by atoms with Crippen LogP contribution in [0.1, 0.15) is 5.56 Å². The molecule has 0 atom stereocenters. The molecule has 0 heterocycles. The standard InChI is InChI=1S/C10H16N.C8HF17O3S/c1-11(2,3)9-10-7-5-4-6-8-10;9-1(10,3(13,14)5(17,18)7(21,22)23)2(11,12)4(15,16)6(19,20)8(24,25)29(26,27)28/h4-8H,9H2,1-3H3;(H,26,27,28)/q+1;. The highest BCUT2D eigenvalue weighted by atomic mass is 32.2. The van der Waals surface area contributed by atoms with E-state index in [0.717, 1.165) is 11.0 Å². The largest absolute Gasteiger partial charge is 0.460 e. The van der Waals surface area contributed by atoms with Gasteiger partial charge < -0.3 is 4.48 Å². The summed E-state index contributed by atoms with van der Waals surface area (Å²) in [5, 5.41) is -7.84. The molecule has 4 nitrogen and oxygen atoms in total. The van der Waals surface area contributed by atoms with Gasteiger partial charge in [-0.05, 0) is 0 Å². The molecule has 0 aliphatic heterocycles. The number of hydrogen-bond acceptors (Lipinski definition) is 2. The van der Waals surface area contributed by atoms with E-state index in [2.05, 4.69) is 51.5 Å². The van der Waals surface area contributed by atoms with Gasteiger partial charge in [-0.3, -0.25) is 4.55 Å². The number of rotatable bonds is 9. The SMILES string of the molecule is C[N+](C)(C)Cc1ccccc1.O=S(=O)(O)C(F)(F)C(F)(F)C(F)(F)C(F)(F)C(F)(F)C(F)(F)C(F)(F)C(F)(F)F. The smallest absolute Gasteiger partial charge is 0.327 e. The molecule has 1 aromatic rings. The van der Waals surface area contributed by atoms with Crippen molar-refractivity contribution in [3.63, 3.8) is 0 Å². The topological polar surface area (TPSA) is 54.4 Å². The molecule has 0 spiro atoms. The van der Waals surface area contributed by atoms with Crippen molar-refractivity contribution in [3.8, 4) is 0 Å². The summed E-state index contributed by atoms with van der Waals surface area (Å²) >= 11 is 0. The fourth-order valence-corrected chi connectivity index (χ4v) is 2.89. The van der Waals surface area contributed by atoms with Crippen LogP contribution in [-0.4, -0.2) is 85.6 Å². The lowest BCUT2D eigenvalue weighted by molar-refractivity contribution is -0.884. The summed E-state index contributed by atoms with van der Waals surface area (Å²) in [4.78, 5) is 0. The van der Waals surface area contributed by atoms with Gasteiger partial charge in [0.1, 0.15) is 6.54 Å². The zero-order chi connectivity index (χ0) is 32.8. The van der Waals surface area contributed by atoms with Crippen LogP contribution in [0.25, 0.3) is 0 Å². The molecule has 1 N–H and O–H groups in total. The molecule has 0 aromatic heterocycles. The van der Waals surface area contributed by atoms with Crippen LogP contribution in [0.3, 0.4) is 0 Å². The second-order valence-electron chi connectivity index (χ2n) is 8.87. The zero-order valence-corrected chi connectivity index (χ0v) is 20.5. The molecule has 0 radical (unpaired) electrons. The molecule has 0 amide bonds. The molecule has 0 unspecified atom stereocenters. The van der Waals surface area contributed by atoms with Gasteiger partial charge in [0, 0.05) is 5.56 Å². The van der Waals surface area contributed by atoms with E-state index in [1.54, 1.807) is 0 Å². The third kappa shape index (κ3) is 6.36. The molecule has 40 heavy (non-hydrogen) atoms. The number of benzene rings is 1. The van der Waals surface area contributed by atoms with Crippen LogP contribution in [0, 0.1) is 0 Å². The molecule has 0 aliphatic rings. The van der Waals surface area contributed by atoms with Gasteiger partial charge in [0.25, 0.3) is 0 Å². The van der Waals surface area contributed by atoms with Crippen LogP contribution < -0.4 is 0 Å². The zero-order valence-electron chi connectivity index (χ0n) is 19.6. The predicted octanol–water partition coefficient (Wildman–Crippen LogP) is 6.73. The first-order chi connectivity index (χ1) is 17.1. The van der Waals surface area contributed by atoms with Crippen LogP contribution in [0.15, 0.2) is 30.3 Å². The van der Waals surface area contributed by atoms with E-state index in [9.17, 15) is 83.1 Å². The fraction of sp³-hybridized carbons (Fsp3) is 0.667. The van der Waals surface area contributed by atoms with Gasteiger partial charge in [-0.15, -0.1) is 0 Å². The Labute approximate surface area is 213 Å². The van der Waals surface area contributed by atoms with E-state index < -0.39 is 57.1 Å². The van der Waals surface area contributed by atoms with E-state index in [1.807, 2.05) is 0 Å². The highest BCUT2D eigenvalue weighted by molar-refractivity contribution is 7.87. The third-order valence-corrected chi connectivity index (χ3v) is 5.42. The summed E-state index contributed by atoms with van der Waals surface area (Å²) in [6, 6.07) is 10.6. The molecule has 1 rings (SSSR count). The summed E-state index contributed by atoms with van der Waals surface area (Å²) in [5.41, 5.74) is 1.40. The highest BCUT2D eigenvalue weighted by Gasteiger charge is 2.96. The van der Waals surface area contributed by atoms with Gasteiger partial charge in [0.15, 0.2) is 0 Å². The second kappa shape index (κ2) is 10.6. The number of halogens is 17. The van der Waals surface area contributed by atoms with Crippen molar-refractivity contribution in [1.29, 1.82) is 0 Å². The maximum atomic E-state index is 13.0. The van der Waals surface area contributed by atoms with Crippen LogP contribution in [-0.2, 0) is 16.7 Å². The molecule has 0 saturated carbocycles. The lowest BCUT2D eigenvalue weighted by Gasteiger charge is -2.42. The van der Waals surface area contributed by atoms with Gasteiger partial charge in [-0.25, -0.2) is 0 Å². The first-order valence-electron chi connectivity index (χ1n) is 9.60. The first-order valence-corrected chi connectivity index (χ1v) is 11.0. The monoisotopic (exact) mass is 650 g/mol. The Balaban J connectivity index is 0.00000114. The quantitative estimate of drug-likeness (QED) is 0.183. The van der Waals surface area contributed by atoms with Gasteiger partial charge in [0.2, 0.25) is 0 Å². The Bertz CT molecular complexity index is 1110. The van der Waals surface area contributed by atoms with Crippen molar-refractivity contribution < 1.29 is 92.1 Å². The Morgan fingerprint density at radius 2 is 0.875 bits per heavy atom. The van der Waals surface area contributed by atoms with Crippen LogP contribution in [0.5, 0.6) is 0 Å². The summed E-state index contributed by atoms with van der Waals surface area (Å²) in [6.07, 6.45) is -7.88. The van der Waals surface area contributed by atoms with Crippen molar-refractivity contribution in [3.05, 3.63) is 35.9 Å². The Morgan fingerprint density at radius 1 is 0.575 bits per heavy atom. The minimum absolute atomic E-state index is 0.990. The number of alkyl halides is 17. The highest BCUT2D eigenvalue weighted by Crippen LogP contribution is 2.64. The molecule has 22 heteroatoms. The van der Waals surface area contributed by atoms with E-state index in [4.69, 9.17) is 4.55 Å². The lowest BCUT2D eigenvalue weighted by atomic mass is 9.91. The fourth-order valence-electron chi connectivity index (χ4n) is 2.44. The minimum atomic E-state index is -8.89. The lowest BCUT2D eigenvalue weighted by Crippen LogP contribution is -2.74. The van der Waals surface area contributed by atoms with E-state index >= 15 is 0 Å². The van der Waals surface area contributed by atoms with Crippen molar-refractivity contribution in [1.82, 2.24) is 0 Å². The normalized spacial score (nSPS) is 15.4. The Kier molecular flexibility index (Phi) is 10.1. The van der Waals surface area contributed by atoms with Gasteiger partial charge in [-0.1, -0.05) is 30.3 Å². The Hall–Kier alpha value is -2.10. The van der Waals surface area contributed by atoms with E-state index in [1.165, 1.54) is 5.56 Å². The van der Waals surface area contributed by atoms with Gasteiger partial charge in [0.05, 0.1) is 21.1 Å². The predicted molar refractivity (Wildman–Crippen MR) is 100 cm³/mol. The van der Waals surface area contributed by atoms with Gasteiger partial charge in [-0.2, -0.15) is 83.1 Å². The molecule has 236 valence electrons. The third-order valence-electron chi connectivity index (χ3n) is 4.52. The molecule has 0 saturated heterocycles. The minimum Gasteiger partial charge on any atom is -0.327 e. The molecular weight excluding hydrogens is 633 g/mol. The maximum absolute atomic E-state index is 13.0. The van der Waals surface area contributed by atoms with E-state index in [0.29, 0.717) is 0 Å². The molecule has 0 bridgehead atoms. The second-order valence-corrected chi connectivity index (χ2v) is 10.3. The van der Waals surface area contributed by atoms with Crippen LogP contribution in [0.4, 0.5) is 74.6 Å². The van der Waals surface area contributed by atoms with Crippen molar-refractivity contribution in [2.24, 2.45) is 0 Å². The number of nitrogens with zero attached hydrogens (tertiary/aromatic N) is 1. The van der Waals surface area contributed by atoms with Crippen molar-refractivity contribution in [2.75, 3.05) is 21.1 Å². The first kappa shape index (κ1) is 37.9. The van der Waals surface area contributed by atoms with Crippen molar-refractivity contribution >= 4 is 10.1 Å². The van der Waals surface area contributed by atoms with Crippen molar-refractivity contribution in [2.45, 2.75) is 53.5 Å².